The Bertz CT molecular complexity index is 976. The predicted octanol–water partition coefficient (Wildman–Crippen LogP) is 3.41. The highest BCUT2D eigenvalue weighted by Crippen LogP contribution is 2.31. The van der Waals surface area contributed by atoms with Crippen LogP contribution in [-0.4, -0.2) is 29.3 Å². The van der Waals surface area contributed by atoms with Crippen LogP contribution in [0, 0.1) is 15.9 Å². The van der Waals surface area contributed by atoms with Crippen LogP contribution in [0.4, 0.5) is 15.8 Å². The molecule has 0 bridgehead atoms. The van der Waals surface area contributed by atoms with Gasteiger partial charge in [-0.2, -0.15) is 9.37 Å². The number of nitro groups is 1. The summed E-state index contributed by atoms with van der Waals surface area (Å²) in [6, 6.07) is 8.67. The van der Waals surface area contributed by atoms with E-state index in [-0.39, 0.29) is 12.4 Å². The van der Waals surface area contributed by atoms with Crippen molar-refractivity contribution in [2.24, 2.45) is 0 Å². The first-order chi connectivity index (χ1) is 13.0. The number of aromatic nitrogens is 2. The first-order valence-electron chi connectivity index (χ1n) is 7.74. The highest BCUT2D eigenvalue weighted by Gasteiger charge is 2.16. The second-order valence-electron chi connectivity index (χ2n) is 5.35. The van der Waals surface area contributed by atoms with Gasteiger partial charge in [0.05, 0.1) is 31.3 Å². The minimum atomic E-state index is -0.905. The van der Waals surface area contributed by atoms with E-state index in [2.05, 4.69) is 15.5 Å². The first-order valence-corrected chi connectivity index (χ1v) is 7.74. The fourth-order valence-corrected chi connectivity index (χ4v) is 2.36. The third-order valence-electron chi connectivity index (χ3n) is 3.70. The molecule has 2 aromatic carbocycles. The molecule has 1 N–H and O–H groups in total. The third kappa shape index (κ3) is 3.94. The molecule has 9 nitrogen and oxygen atoms in total. The van der Waals surface area contributed by atoms with Gasteiger partial charge in [-0.25, -0.2) is 0 Å². The molecule has 27 heavy (non-hydrogen) atoms. The quantitative estimate of drug-likeness (QED) is 0.494. The number of nitrogens with zero attached hydrogens (tertiary/aromatic N) is 3. The molecule has 140 valence electrons. The summed E-state index contributed by atoms with van der Waals surface area (Å²) < 4.78 is 29.0. The van der Waals surface area contributed by atoms with Crippen LogP contribution in [0.3, 0.4) is 0 Å². The number of rotatable bonds is 7. The van der Waals surface area contributed by atoms with E-state index < -0.39 is 16.4 Å². The van der Waals surface area contributed by atoms with E-state index in [1.165, 1.54) is 13.2 Å². The maximum absolute atomic E-state index is 13.4. The molecule has 3 rings (SSSR count). The Kier molecular flexibility index (Phi) is 5.15. The van der Waals surface area contributed by atoms with E-state index in [4.69, 9.17) is 14.0 Å². The average Bonchev–Trinajstić information content (AvgIpc) is 3.15. The Hall–Kier alpha value is -3.69. The smallest absolute Gasteiger partial charge is 0.306 e. The van der Waals surface area contributed by atoms with E-state index in [0.717, 1.165) is 12.1 Å². The zero-order valence-electron chi connectivity index (χ0n) is 14.4. The molecule has 0 aliphatic carbocycles. The number of hydrogen-bond acceptors (Lipinski definition) is 8. The fraction of sp³-hybridized carbons (Fsp3) is 0.176. The Morgan fingerprint density at radius 3 is 2.74 bits per heavy atom. The van der Waals surface area contributed by atoms with Gasteiger partial charge in [-0.05, 0) is 24.3 Å². The number of halogens is 1. The molecule has 1 aromatic heterocycles. The number of ether oxygens (including phenoxy) is 2. The highest BCUT2D eigenvalue weighted by atomic mass is 19.1. The minimum Gasteiger partial charge on any atom is -0.497 e. The summed E-state index contributed by atoms with van der Waals surface area (Å²) in [4.78, 5) is 14.3. The molecule has 3 aromatic rings. The Balaban J connectivity index is 1.76. The molecule has 0 aliphatic rings. The zero-order chi connectivity index (χ0) is 19.4. The second-order valence-corrected chi connectivity index (χ2v) is 5.35. The lowest BCUT2D eigenvalue weighted by Gasteiger charge is -2.07. The molecule has 0 radical (unpaired) electrons. The Labute approximate surface area is 152 Å². The zero-order valence-corrected chi connectivity index (χ0v) is 14.4. The summed E-state index contributed by atoms with van der Waals surface area (Å²) in [5.41, 5.74) is 0.352. The van der Waals surface area contributed by atoms with Crippen LogP contribution in [0.15, 0.2) is 40.9 Å². The number of benzene rings is 2. The van der Waals surface area contributed by atoms with Crippen molar-refractivity contribution < 1.29 is 23.3 Å². The molecule has 0 unspecified atom stereocenters. The first kappa shape index (κ1) is 18.1. The lowest BCUT2D eigenvalue weighted by Crippen LogP contribution is -2.01. The summed E-state index contributed by atoms with van der Waals surface area (Å²) in [5, 5.41) is 17.6. The van der Waals surface area contributed by atoms with E-state index in [1.807, 2.05) is 0 Å². The van der Waals surface area contributed by atoms with Gasteiger partial charge in [-0.15, -0.1) is 0 Å². The molecule has 0 amide bonds. The minimum absolute atomic E-state index is 0.105. The molecule has 0 atom stereocenters. The van der Waals surface area contributed by atoms with Crippen LogP contribution in [0.2, 0.25) is 0 Å². The van der Waals surface area contributed by atoms with Gasteiger partial charge in [0.2, 0.25) is 17.5 Å². The molecular weight excluding hydrogens is 359 g/mol. The largest absolute Gasteiger partial charge is 0.497 e. The standard InChI is InChI=1S/C17H15FN4O5/c1-25-11-4-5-12(15(8-11)26-2)17-20-16(27-21-17)9-19-10-3-6-13(18)14(7-10)22(23)24/h3-8,19H,9H2,1-2H3. The lowest BCUT2D eigenvalue weighted by atomic mass is 10.2. The van der Waals surface area contributed by atoms with Gasteiger partial charge in [0.15, 0.2) is 0 Å². The van der Waals surface area contributed by atoms with Crippen LogP contribution in [0.5, 0.6) is 11.5 Å². The predicted molar refractivity (Wildman–Crippen MR) is 93.2 cm³/mol. The van der Waals surface area contributed by atoms with Crippen LogP contribution >= 0.6 is 0 Å². The van der Waals surface area contributed by atoms with Gasteiger partial charge < -0.3 is 19.3 Å². The average molecular weight is 374 g/mol. The van der Waals surface area contributed by atoms with Gasteiger partial charge in [0, 0.05) is 17.8 Å². The molecule has 1 heterocycles. The normalized spacial score (nSPS) is 10.5. The number of hydrogen-bond donors (Lipinski definition) is 1. The van der Waals surface area contributed by atoms with Crippen molar-refractivity contribution in [3.05, 3.63) is 58.2 Å². The van der Waals surface area contributed by atoms with Crippen LogP contribution in [0.25, 0.3) is 11.4 Å². The van der Waals surface area contributed by atoms with E-state index in [1.54, 1.807) is 25.3 Å². The number of nitrogens with one attached hydrogen (secondary N) is 1. The van der Waals surface area contributed by atoms with Crippen LogP contribution < -0.4 is 14.8 Å². The van der Waals surface area contributed by atoms with Gasteiger partial charge in [-0.1, -0.05) is 5.16 Å². The van der Waals surface area contributed by atoms with Crippen molar-refractivity contribution in [3.63, 3.8) is 0 Å². The fourth-order valence-electron chi connectivity index (χ4n) is 2.36. The van der Waals surface area contributed by atoms with Crippen molar-refractivity contribution in [3.8, 4) is 22.9 Å². The molecular formula is C17H15FN4O5. The monoisotopic (exact) mass is 374 g/mol. The third-order valence-corrected chi connectivity index (χ3v) is 3.70. The maximum atomic E-state index is 13.4. The number of methoxy groups -OCH3 is 2. The summed E-state index contributed by atoms with van der Waals surface area (Å²) >= 11 is 0. The van der Waals surface area contributed by atoms with Gasteiger partial charge >= 0.3 is 5.69 Å². The summed E-state index contributed by atoms with van der Waals surface area (Å²) in [6.07, 6.45) is 0. The molecule has 0 saturated heterocycles. The number of anilines is 1. The van der Waals surface area contributed by atoms with Crippen molar-refractivity contribution in [2.45, 2.75) is 6.54 Å². The highest BCUT2D eigenvalue weighted by molar-refractivity contribution is 5.65. The SMILES string of the molecule is COc1ccc(-c2noc(CNc3ccc(F)c([N+](=O)[O-])c3)n2)c(OC)c1. The molecule has 0 spiro atoms. The Morgan fingerprint density at radius 2 is 2.04 bits per heavy atom. The number of nitro benzene ring substituents is 1. The van der Waals surface area contributed by atoms with E-state index in [9.17, 15) is 14.5 Å². The van der Waals surface area contributed by atoms with Gasteiger partial charge in [0.25, 0.3) is 0 Å². The van der Waals surface area contributed by atoms with E-state index >= 15 is 0 Å². The van der Waals surface area contributed by atoms with Crippen LogP contribution in [-0.2, 0) is 6.54 Å². The van der Waals surface area contributed by atoms with Gasteiger partial charge in [-0.3, -0.25) is 10.1 Å². The van der Waals surface area contributed by atoms with Crippen molar-refractivity contribution in [1.29, 1.82) is 0 Å². The van der Waals surface area contributed by atoms with Crippen LogP contribution in [0.1, 0.15) is 5.89 Å². The van der Waals surface area contributed by atoms with Crippen molar-refractivity contribution in [1.82, 2.24) is 10.1 Å². The lowest BCUT2D eigenvalue weighted by molar-refractivity contribution is -0.387. The van der Waals surface area contributed by atoms with E-state index in [0.29, 0.717) is 28.6 Å². The second kappa shape index (κ2) is 7.68. The van der Waals surface area contributed by atoms with Crippen molar-refractivity contribution >= 4 is 11.4 Å². The molecule has 0 aliphatic heterocycles. The molecule has 10 heteroatoms. The maximum Gasteiger partial charge on any atom is 0.306 e. The van der Waals surface area contributed by atoms with Gasteiger partial charge in [0.1, 0.15) is 11.5 Å². The summed E-state index contributed by atoms with van der Waals surface area (Å²) in [5.74, 6) is 0.797. The molecule has 0 fully saturated rings. The summed E-state index contributed by atoms with van der Waals surface area (Å²) in [7, 11) is 3.06. The topological polar surface area (TPSA) is 113 Å². The molecule has 0 saturated carbocycles. The van der Waals surface area contributed by atoms with Crippen molar-refractivity contribution in [2.75, 3.05) is 19.5 Å². The Morgan fingerprint density at radius 1 is 1.22 bits per heavy atom. The summed E-state index contributed by atoms with van der Waals surface area (Å²) in [6.45, 7) is 0.105.